The first kappa shape index (κ1) is 126. The van der Waals surface area contributed by atoms with E-state index in [1.165, 1.54) is 19.0 Å². The predicted octanol–water partition coefficient (Wildman–Crippen LogP) is 24.2. The third-order valence-corrected chi connectivity index (χ3v) is 23.2. The fourth-order valence-corrected chi connectivity index (χ4v) is 16.6. The third kappa shape index (κ3) is 49.7. The lowest BCUT2D eigenvalue weighted by Crippen LogP contribution is -2.40. The van der Waals surface area contributed by atoms with E-state index in [4.69, 9.17) is 56.5 Å². The fourth-order valence-electron chi connectivity index (χ4n) is 9.76. The molecule has 0 atom stereocenters. The van der Waals surface area contributed by atoms with Crippen LogP contribution in [-0.4, -0.2) is 138 Å². The maximum atomic E-state index is 13.2. The first-order valence-corrected chi connectivity index (χ1v) is 45.6. The molecule has 0 aliphatic rings. The van der Waals surface area contributed by atoms with Crippen molar-refractivity contribution in [3.8, 4) is 5.40 Å². The van der Waals surface area contributed by atoms with Crippen LogP contribution in [0.4, 0.5) is 158 Å². The number of nitrogens with two attached hydrogens (primary N) is 1. The van der Waals surface area contributed by atoms with Crippen LogP contribution in [0.3, 0.4) is 0 Å². The highest BCUT2D eigenvalue weighted by molar-refractivity contribution is 9.08. The lowest BCUT2D eigenvalue weighted by Gasteiger charge is -2.24. The molecule has 0 radical (unpaired) electrons. The highest BCUT2D eigenvalue weighted by Crippen LogP contribution is 2.44. The molecule has 0 fully saturated rings. The number of rotatable bonds is 25. The number of hydrogen-bond donors (Lipinski definition) is 2. The number of sulfonamides is 3. The quantitative estimate of drug-likeness (QED) is 0.0180. The van der Waals surface area contributed by atoms with Crippen LogP contribution < -0.4 is 10.5 Å². The van der Waals surface area contributed by atoms with Crippen LogP contribution in [0.15, 0.2) is 109 Å². The summed E-state index contributed by atoms with van der Waals surface area (Å²) >= 11 is 17.8. The molecule has 0 unspecified atom stereocenters. The molecule has 6 aromatic rings. The molecule has 0 aromatic heterocycles. The monoisotopic (exact) mass is 2210 g/mol. The number of hydrogen-bond acceptors (Lipinski definition) is 14. The molecule has 0 aliphatic heterocycles. The van der Waals surface area contributed by atoms with Gasteiger partial charge in [0.2, 0.25) is 39.1 Å². The molecule has 6 aromatic carbocycles. The lowest BCUT2D eigenvalue weighted by molar-refractivity contribution is -0.144. The molecular weight excluding hydrogens is 2140 g/mol. The van der Waals surface area contributed by atoms with Gasteiger partial charge in [-0.05, 0) is 242 Å². The Hall–Kier alpha value is -6.16. The Morgan fingerprint density at radius 3 is 0.742 bits per heavy atom. The SMILES string of the molecule is CN(C)CCCN.CN(C)CCCN(S(=O)(=O)Cc1cc(C(F)(F)F)cc(C(F)(F)F)c1)S(=O)(=O)Cc1cc(C(F)(F)F)cc(C(F)(F)F)c1.CN(C)CCCNS(=O)(=O)Cc1cc(C(F)(F)F)cc(C(F)(F)F)c1.ClC(Cl)Cl.FC(F)(F)c1cc(CBr)cc(C(F)(F)F)c1.N#CSCc1cc(C(F)(F)F)cc(C(F)(F)F)c1.O=S(=O)(Cl)Cc1cc(C(F)(F)F)cc(C(F)(F)F)c1. The second kappa shape index (κ2) is 50.4. The van der Waals surface area contributed by atoms with Crippen LogP contribution >= 0.6 is 73.2 Å². The van der Waals surface area contributed by atoms with Crippen LogP contribution in [0.1, 0.15) is 119 Å². The van der Waals surface area contributed by atoms with E-state index < -0.39 is 236 Å². The summed E-state index contributed by atoms with van der Waals surface area (Å²) in [6.07, 6.45) is -59.6. The zero-order chi connectivity index (χ0) is 104. The highest BCUT2D eigenvalue weighted by Gasteiger charge is 2.45. The number of nitrogens with one attached hydrogen (secondary N) is 1. The van der Waals surface area contributed by atoms with Crippen molar-refractivity contribution in [3.63, 3.8) is 0 Å². The number of nitriles is 1. The van der Waals surface area contributed by atoms with Gasteiger partial charge in [-0.3, -0.25) is 0 Å². The van der Waals surface area contributed by atoms with E-state index in [0.717, 1.165) is 19.5 Å². The lowest BCUT2D eigenvalue weighted by atomic mass is 10.1. The van der Waals surface area contributed by atoms with Crippen molar-refractivity contribution in [2.24, 2.45) is 5.73 Å². The largest absolute Gasteiger partial charge is 0.416 e. The average molecular weight is 2220 g/mol. The molecule has 0 amide bonds. The van der Waals surface area contributed by atoms with Gasteiger partial charge < -0.3 is 20.4 Å². The number of alkyl halides is 40. The Morgan fingerprint density at radius 1 is 0.341 bits per heavy atom. The standard InChI is InChI=1S/C23H22F12N2O4S2.C14H18F6N2O2S.C10H5F6NS.C9H5BrF6.C9H5ClF6O2S.C5H14N2.CHCl3/c1-36(2)4-3-5-37(42(38,39)12-14-6-16(20(24,25)26)10-17(7-14)21(27,28)29)43(40,41)13-15-8-18(22(30,31)32)11-19(9-15)23(33,34)35;1-22(2)5-3-4-21-25(23,24)9-10-6-11(13(15,16)17)8-12(7-10)14(18,19)20;11-9(12,13)7-1-6(4-18-5-17)2-8(3-7)10(14,15)16;10-4-5-1-6(8(11,12)13)3-7(2-5)9(14,15)16;10-19(17,18)4-5-1-6(8(11,12)13)3-7(2-5)9(14,15)16;1-7(2)5-3-4-6;2-1(3)4/h6-11H,3-5,12-13H2,1-2H3;6-8,21H,3-5,9H2,1-2H3;1-3H,4H2;1-3H,4H2;1-3H,4H2;3-6H2,1-2H3;1H. The molecule has 0 saturated carbocycles. The Balaban J connectivity index is 0.00000166. The molecule has 15 nitrogen and oxygen atoms in total. The molecule has 754 valence electrons. The van der Waals surface area contributed by atoms with Crippen LogP contribution in [-0.2, 0) is 147 Å². The van der Waals surface area contributed by atoms with Gasteiger partial charge in [0.25, 0.3) is 0 Å². The van der Waals surface area contributed by atoms with Crippen molar-refractivity contribution in [1.82, 2.24) is 23.1 Å². The predicted molar refractivity (Wildman–Crippen MR) is 419 cm³/mol. The number of halogens is 41. The third-order valence-electron chi connectivity index (χ3n) is 15.2. The van der Waals surface area contributed by atoms with E-state index in [-0.39, 0.29) is 106 Å². The molecule has 6 rings (SSSR count). The van der Waals surface area contributed by atoms with Gasteiger partial charge in [0.1, 0.15) is 5.40 Å². The maximum Gasteiger partial charge on any atom is 0.416 e. The van der Waals surface area contributed by atoms with E-state index in [0.29, 0.717) is 73.3 Å². The van der Waals surface area contributed by atoms with Crippen molar-refractivity contribution in [2.45, 2.75) is 132 Å². The molecular formula is C71H70BrCl4F36N7O8S5. The average Bonchev–Trinajstić information content (AvgIpc) is 0.769. The normalized spacial score (nSPS) is 13.2. The fraction of sp³-hybridized carbons (Fsp3) is 0.479. The highest BCUT2D eigenvalue weighted by atomic mass is 79.9. The van der Waals surface area contributed by atoms with Crippen molar-refractivity contribution in [1.29, 1.82) is 5.26 Å². The summed E-state index contributed by atoms with van der Waals surface area (Å²) in [5.41, 5.74) is -17.7. The smallest absolute Gasteiger partial charge is 0.330 e. The van der Waals surface area contributed by atoms with E-state index in [1.807, 2.05) is 0 Å². The minimum Gasteiger partial charge on any atom is -0.330 e. The summed E-state index contributed by atoms with van der Waals surface area (Å²) in [6.45, 7) is 1.51. The molecule has 0 aliphatic carbocycles. The maximum absolute atomic E-state index is 13.2. The van der Waals surface area contributed by atoms with E-state index in [1.54, 1.807) is 24.4 Å². The first-order chi connectivity index (χ1) is 58.9. The van der Waals surface area contributed by atoms with Gasteiger partial charge in [0, 0.05) is 34.9 Å². The molecule has 0 spiro atoms. The second-order valence-corrected chi connectivity index (χ2v) is 39.3. The zero-order valence-corrected chi connectivity index (χ0v) is 75.9. The van der Waals surface area contributed by atoms with Gasteiger partial charge >= 0.3 is 74.1 Å². The molecule has 0 heterocycles. The summed E-state index contributed by atoms with van der Waals surface area (Å²) in [4.78, 5) is 5.37. The molecule has 3 N–H and O–H groups in total. The van der Waals surface area contributed by atoms with Crippen LogP contribution in [0, 0.1) is 10.7 Å². The van der Waals surface area contributed by atoms with Crippen LogP contribution in [0.25, 0.3) is 0 Å². The van der Waals surface area contributed by atoms with Gasteiger partial charge in [0.15, 0.2) is 4.30 Å². The van der Waals surface area contributed by atoms with Gasteiger partial charge in [-0.2, -0.15) is 163 Å². The Labute approximate surface area is 761 Å². The van der Waals surface area contributed by atoms with Crippen LogP contribution in [0.5, 0.6) is 0 Å². The summed E-state index contributed by atoms with van der Waals surface area (Å²) in [5, 5.41) is 9.77. The minimum absolute atomic E-state index is 0.0227. The molecule has 132 heavy (non-hydrogen) atoms. The summed E-state index contributed by atoms with van der Waals surface area (Å²) in [7, 11) is -3.74. The Kier molecular flexibility index (Phi) is 48.1. The summed E-state index contributed by atoms with van der Waals surface area (Å²) in [5.74, 6) is -5.80. The Morgan fingerprint density at radius 2 is 0.545 bits per heavy atom. The number of benzene rings is 6. The van der Waals surface area contributed by atoms with Crippen LogP contribution in [0.2, 0.25) is 0 Å². The first-order valence-electron chi connectivity index (χ1n) is 34.9. The Bertz CT molecular complexity index is 4890. The van der Waals surface area contributed by atoms with Crippen molar-refractivity contribution in [3.05, 3.63) is 209 Å². The number of nitrogens with zero attached hydrogens (tertiary/aromatic N) is 5. The van der Waals surface area contributed by atoms with E-state index in [9.17, 15) is 192 Å². The summed E-state index contributed by atoms with van der Waals surface area (Å²) in [6, 6.07) is 3.64. The number of thiocyanates is 1. The van der Waals surface area contributed by atoms with Gasteiger partial charge in [-0.15, -0.1) is 0 Å². The molecule has 61 heteroatoms. The summed E-state index contributed by atoms with van der Waals surface area (Å²) < 4.78 is 557. The topological polar surface area (TPSA) is 211 Å². The second-order valence-electron chi connectivity index (χ2n) is 27.4. The number of thioether (sulfide) groups is 1. The van der Waals surface area contributed by atoms with Crippen molar-refractivity contribution < 1.29 is 192 Å². The van der Waals surface area contributed by atoms with Gasteiger partial charge in [0.05, 0.1) is 89.8 Å². The van der Waals surface area contributed by atoms with E-state index in [2.05, 4.69) is 39.6 Å². The minimum atomic E-state index is -5.40. The van der Waals surface area contributed by atoms with Crippen molar-refractivity contribution in [2.75, 3.05) is 81.6 Å². The van der Waals surface area contributed by atoms with Gasteiger partial charge in [-0.1, -0.05) is 54.4 Å². The molecule has 0 bridgehead atoms. The zero-order valence-electron chi connectivity index (χ0n) is 67.2. The van der Waals surface area contributed by atoms with Gasteiger partial charge in [-0.25, -0.2) is 38.4 Å². The molecule has 0 saturated heterocycles. The van der Waals surface area contributed by atoms with E-state index >= 15 is 0 Å². The van der Waals surface area contributed by atoms with Crippen molar-refractivity contribution >= 4 is 112 Å².